The Morgan fingerprint density at radius 2 is 2.10 bits per heavy atom. The molecule has 0 aliphatic carbocycles. The first-order chi connectivity index (χ1) is 10.1. The number of benzene rings is 1. The number of furan rings is 1. The lowest BCUT2D eigenvalue weighted by Gasteiger charge is -2.19. The molecule has 5 nitrogen and oxygen atoms in total. The van der Waals surface area contributed by atoms with E-state index < -0.39 is 0 Å². The molecule has 0 aliphatic rings. The molecule has 0 bridgehead atoms. The predicted molar refractivity (Wildman–Crippen MR) is 83.0 cm³/mol. The Morgan fingerprint density at radius 1 is 1.33 bits per heavy atom. The smallest absolute Gasteiger partial charge is 0.134 e. The van der Waals surface area contributed by atoms with E-state index in [0.717, 1.165) is 22.2 Å². The number of aromatic nitrogens is 2. The average Bonchev–Trinajstić information content (AvgIpc) is 3.06. The number of nitrogens with two attached hydrogens (primary N) is 1. The number of halogens is 1. The summed E-state index contributed by atoms with van der Waals surface area (Å²) in [4.78, 5) is 0. The van der Waals surface area contributed by atoms with E-state index in [0.29, 0.717) is 5.02 Å². The normalized spacial score (nSPS) is 13.2. The van der Waals surface area contributed by atoms with Crippen LogP contribution in [-0.4, -0.2) is 9.78 Å². The maximum Gasteiger partial charge on any atom is 0.134 e. The zero-order valence-corrected chi connectivity index (χ0v) is 12.6. The zero-order valence-electron chi connectivity index (χ0n) is 11.9. The SMILES string of the molecule is CC(C)n1ncc(Cl)c1C(NN)c1coc2ccccc12. The second-order valence-electron chi connectivity index (χ2n) is 5.20. The van der Waals surface area contributed by atoms with Crippen LogP contribution in [0.25, 0.3) is 11.0 Å². The van der Waals surface area contributed by atoms with Crippen LogP contribution < -0.4 is 11.3 Å². The van der Waals surface area contributed by atoms with Crippen molar-refractivity contribution in [3.05, 3.63) is 53.0 Å². The van der Waals surface area contributed by atoms with Crippen molar-refractivity contribution in [3.8, 4) is 0 Å². The van der Waals surface area contributed by atoms with Crippen molar-refractivity contribution < 1.29 is 4.42 Å². The molecule has 1 atom stereocenters. The number of nitrogens with one attached hydrogen (secondary N) is 1. The Labute approximate surface area is 127 Å². The molecule has 3 aromatic rings. The third kappa shape index (κ3) is 2.33. The summed E-state index contributed by atoms with van der Waals surface area (Å²) >= 11 is 6.32. The van der Waals surface area contributed by atoms with Crippen molar-refractivity contribution in [1.82, 2.24) is 15.2 Å². The second kappa shape index (κ2) is 5.52. The largest absolute Gasteiger partial charge is 0.464 e. The van der Waals surface area contributed by atoms with Crippen LogP contribution in [0.5, 0.6) is 0 Å². The van der Waals surface area contributed by atoms with Gasteiger partial charge in [-0.15, -0.1) is 0 Å². The fourth-order valence-corrected chi connectivity index (χ4v) is 2.81. The summed E-state index contributed by atoms with van der Waals surface area (Å²) in [7, 11) is 0. The number of para-hydroxylation sites is 1. The summed E-state index contributed by atoms with van der Waals surface area (Å²) < 4.78 is 7.47. The molecule has 0 saturated heterocycles. The summed E-state index contributed by atoms with van der Waals surface area (Å²) in [6.07, 6.45) is 3.35. The van der Waals surface area contributed by atoms with E-state index in [4.69, 9.17) is 21.9 Å². The van der Waals surface area contributed by atoms with Crippen LogP contribution in [0.3, 0.4) is 0 Å². The molecule has 0 saturated carbocycles. The lowest BCUT2D eigenvalue weighted by atomic mass is 10.0. The van der Waals surface area contributed by atoms with Crippen LogP contribution in [0.1, 0.15) is 37.2 Å². The van der Waals surface area contributed by atoms with Gasteiger partial charge in [-0.25, -0.2) is 5.43 Å². The van der Waals surface area contributed by atoms with Crippen molar-refractivity contribution in [3.63, 3.8) is 0 Å². The molecule has 2 aromatic heterocycles. The first kappa shape index (κ1) is 14.1. The summed E-state index contributed by atoms with van der Waals surface area (Å²) in [6, 6.07) is 7.73. The Kier molecular flexibility index (Phi) is 3.71. The van der Waals surface area contributed by atoms with Crippen LogP contribution in [0.4, 0.5) is 0 Å². The third-order valence-electron chi connectivity index (χ3n) is 3.54. The van der Waals surface area contributed by atoms with Crippen LogP contribution in [0, 0.1) is 0 Å². The first-order valence-corrected chi connectivity index (χ1v) is 7.16. The maximum absolute atomic E-state index is 6.32. The van der Waals surface area contributed by atoms with Gasteiger partial charge < -0.3 is 4.42 Å². The molecular formula is C15H17ClN4O. The molecule has 0 spiro atoms. The van der Waals surface area contributed by atoms with Crippen molar-refractivity contribution in [2.24, 2.45) is 5.84 Å². The number of hydrogen-bond donors (Lipinski definition) is 2. The summed E-state index contributed by atoms with van der Waals surface area (Å²) in [5, 5.41) is 5.92. The molecular weight excluding hydrogens is 288 g/mol. The number of nitrogens with zero attached hydrogens (tertiary/aromatic N) is 2. The Balaban J connectivity index is 2.17. The summed E-state index contributed by atoms with van der Waals surface area (Å²) in [6.45, 7) is 4.10. The molecule has 0 aliphatic heterocycles. The van der Waals surface area contributed by atoms with E-state index in [2.05, 4.69) is 10.5 Å². The van der Waals surface area contributed by atoms with E-state index in [9.17, 15) is 0 Å². The van der Waals surface area contributed by atoms with Crippen LogP contribution in [0.2, 0.25) is 5.02 Å². The van der Waals surface area contributed by atoms with Gasteiger partial charge in [-0.05, 0) is 19.9 Å². The van der Waals surface area contributed by atoms with Gasteiger partial charge in [0.1, 0.15) is 5.58 Å². The fraction of sp³-hybridized carbons (Fsp3) is 0.267. The highest BCUT2D eigenvalue weighted by molar-refractivity contribution is 6.31. The molecule has 21 heavy (non-hydrogen) atoms. The third-order valence-corrected chi connectivity index (χ3v) is 3.83. The van der Waals surface area contributed by atoms with Crippen molar-refractivity contribution in [2.75, 3.05) is 0 Å². The van der Waals surface area contributed by atoms with Crippen molar-refractivity contribution in [2.45, 2.75) is 25.9 Å². The molecule has 0 radical (unpaired) electrons. The standard InChI is InChI=1S/C15H17ClN4O/c1-9(2)20-15(12(16)7-18-20)14(19-17)11-8-21-13-6-4-3-5-10(11)13/h3-9,14,19H,17H2,1-2H3. The highest BCUT2D eigenvalue weighted by atomic mass is 35.5. The van der Waals surface area contributed by atoms with Gasteiger partial charge >= 0.3 is 0 Å². The first-order valence-electron chi connectivity index (χ1n) is 6.78. The van der Waals surface area contributed by atoms with Crippen LogP contribution >= 0.6 is 11.6 Å². The lowest BCUT2D eigenvalue weighted by Crippen LogP contribution is -2.31. The summed E-state index contributed by atoms with van der Waals surface area (Å²) in [5.74, 6) is 5.79. The topological polar surface area (TPSA) is 69.0 Å². The molecule has 110 valence electrons. The Morgan fingerprint density at radius 3 is 2.81 bits per heavy atom. The maximum atomic E-state index is 6.32. The van der Waals surface area contributed by atoms with Gasteiger partial charge in [0, 0.05) is 17.0 Å². The molecule has 2 heterocycles. The van der Waals surface area contributed by atoms with Gasteiger partial charge in [0.15, 0.2) is 0 Å². The van der Waals surface area contributed by atoms with E-state index in [1.807, 2.05) is 42.8 Å². The van der Waals surface area contributed by atoms with E-state index >= 15 is 0 Å². The minimum Gasteiger partial charge on any atom is -0.464 e. The molecule has 0 amide bonds. The van der Waals surface area contributed by atoms with Gasteiger partial charge in [0.25, 0.3) is 0 Å². The fourth-order valence-electron chi connectivity index (χ4n) is 2.57. The monoisotopic (exact) mass is 304 g/mol. The quantitative estimate of drug-likeness (QED) is 0.572. The molecule has 3 N–H and O–H groups in total. The number of hydrazine groups is 1. The zero-order chi connectivity index (χ0) is 15.0. The minimum atomic E-state index is -0.286. The van der Waals surface area contributed by atoms with Gasteiger partial charge in [0.2, 0.25) is 0 Å². The average molecular weight is 305 g/mol. The van der Waals surface area contributed by atoms with Gasteiger partial charge in [0.05, 0.1) is 29.2 Å². The van der Waals surface area contributed by atoms with Gasteiger partial charge in [-0.3, -0.25) is 10.5 Å². The van der Waals surface area contributed by atoms with Crippen LogP contribution in [-0.2, 0) is 0 Å². The van der Waals surface area contributed by atoms with E-state index in [-0.39, 0.29) is 12.1 Å². The van der Waals surface area contributed by atoms with Gasteiger partial charge in [-0.2, -0.15) is 5.10 Å². The van der Waals surface area contributed by atoms with E-state index in [1.54, 1.807) is 12.5 Å². The second-order valence-corrected chi connectivity index (χ2v) is 5.61. The van der Waals surface area contributed by atoms with E-state index in [1.165, 1.54) is 0 Å². The molecule has 0 fully saturated rings. The number of fused-ring (bicyclic) bond motifs is 1. The van der Waals surface area contributed by atoms with Gasteiger partial charge in [-0.1, -0.05) is 29.8 Å². The molecule has 6 heteroatoms. The van der Waals surface area contributed by atoms with Crippen LogP contribution in [0.15, 0.2) is 41.1 Å². The lowest BCUT2D eigenvalue weighted by molar-refractivity contribution is 0.474. The molecule has 3 rings (SSSR count). The summed E-state index contributed by atoms with van der Waals surface area (Å²) in [5.41, 5.74) is 5.42. The highest BCUT2D eigenvalue weighted by Crippen LogP contribution is 2.34. The van der Waals surface area contributed by atoms with Crippen molar-refractivity contribution >= 4 is 22.6 Å². The Hall–Kier alpha value is -1.82. The minimum absolute atomic E-state index is 0.182. The van der Waals surface area contributed by atoms with Crippen molar-refractivity contribution in [1.29, 1.82) is 0 Å². The Bertz CT molecular complexity index is 762. The number of hydrogen-bond acceptors (Lipinski definition) is 4. The predicted octanol–water partition coefficient (Wildman–Crippen LogP) is 3.42. The highest BCUT2D eigenvalue weighted by Gasteiger charge is 2.25. The molecule has 1 unspecified atom stereocenters. The number of rotatable bonds is 4. The molecule has 1 aromatic carbocycles.